The number of sulfonamides is 1. The summed E-state index contributed by atoms with van der Waals surface area (Å²) in [6.07, 6.45) is 0. The molecule has 0 aliphatic heterocycles. The Bertz CT molecular complexity index is 1070. The summed E-state index contributed by atoms with van der Waals surface area (Å²) in [6.45, 7) is 4.94. The van der Waals surface area contributed by atoms with Gasteiger partial charge in [0.15, 0.2) is 0 Å². The molecule has 33 heavy (non-hydrogen) atoms. The van der Waals surface area contributed by atoms with Crippen molar-refractivity contribution in [1.82, 2.24) is 14.5 Å². The van der Waals surface area contributed by atoms with Crippen LogP contribution in [0.4, 0.5) is 0 Å². The number of halogens is 1. The highest BCUT2D eigenvalue weighted by molar-refractivity contribution is 7.89. The second kappa shape index (κ2) is 11.5. The first kappa shape index (κ1) is 26.6. The molecule has 0 aromatic heterocycles. The van der Waals surface area contributed by atoms with Crippen LogP contribution in [-0.4, -0.2) is 62.2 Å². The van der Waals surface area contributed by atoms with Crippen LogP contribution in [0.25, 0.3) is 0 Å². The number of rotatable bonds is 10. The summed E-state index contributed by atoms with van der Waals surface area (Å²) in [6, 6.07) is 11.9. The van der Waals surface area contributed by atoms with Gasteiger partial charge in [0.05, 0.1) is 18.6 Å². The fourth-order valence-corrected chi connectivity index (χ4v) is 4.35. The maximum Gasteiger partial charge on any atom is 0.243 e. The Hall–Kier alpha value is -2.62. The molecule has 0 saturated heterocycles. The topological polar surface area (TPSA) is 96.0 Å². The van der Waals surface area contributed by atoms with Crippen LogP contribution in [0.3, 0.4) is 0 Å². The molecule has 0 heterocycles. The van der Waals surface area contributed by atoms with Crippen LogP contribution in [-0.2, 0) is 26.2 Å². The average Bonchev–Trinajstić information content (AvgIpc) is 2.76. The lowest BCUT2D eigenvalue weighted by molar-refractivity contribution is -0.140. The van der Waals surface area contributed by atoms with Crippen molar-refractivity contribution in [2.24, 2.45) is 0 Å². The number of likely N-dealkylation sites (N-methyl/N-ethyl adjacent to an activating group) is 1. The van der Waals surface area contributed by atoms with E-state index < -0.39 is 28.5 Å². The Labute approximate surface area is 200 Å². The number of ether oxygens (including phenoxy) is 1. The summed E-state index contributed by atoms with van der Waals surface area (Å²) in [4.78, 5) is 27.3. The molecule has 8 nitrogen and oxygen atoms in total. The van der Waals surface area contributed by atoms with Gasteiger partial charge in [-0.05, 0) is 62.7 Å². The number of carbonyl (C=O) groups is 2. The zero-order valence-electron chi connectivity index (χ0n) is 19.4. The molecule has 0 bridgehead atoms. The monoisotopic (exact) mass is 495 g/mol. The fraction of sp³-hybridized carbons (Fsp3) is 0.391. The number of hydrogen-bond donors (Lipinski definition) is 1. The lowest BCUT2D eigenvalue weighted by Crippen LogP contribution is -2.51. The molecule has 2 amide bonds. The van der Waals surface area contributed by atoms with Gasteiger partial charge in [-0.2, -0.15) is 4.31 Å². The number of amides is 2. The SMILES string of the molecule is COc1cccc(CN(C(=O)CN(C)S(=O)(=O)c2ccc(Cl)cc2)[C@H](C)C(=O)NC(C)C)c1. The first-order valence-corrected chi connectivity index (χ1v) is 12.2. The second-order valence-electron chi connectivity index (χ2n) is 7.93. The molecular formula is C23H30ClN3O5S. The molecule has 180 valence electrons. The van der Waals surface area contributed by atoms with Gasteiger partial charge in [-0.15, -0.1) is 0 Å². The van der Waals surface area contributed by atoms with Gasteiger partial charge in [0, 0.05) is 24.7 Å². The standard InChI is InChI=1S/C23H30ClN3O5S/c1-16(2)25-23(29)17(3)27(14-18-7-6-8-20(13-18)32-5)22(28)15-26(4)33(30,31)21-11-9-19(24)10-12-21/h6-13,16-17H,14-15H2,1-5H3,(H,25,29)/t17-/m1/s1. The van der Waals surface area contributed by atoms with E-state index in [0.29, 0.717) is 10.8 Å². The van der Waals surface area contributed by atoms with E-state index in [1.54, 1.807) is 25.1 Å². The summed E-state index contributed by atoms with van der Waals surface area (Å²) >= 11 is 5.85. The molecule has 1 atom stereocenters. The smallest absolute Gasteiger partial charge is 0.243 e. The van der Waals surface area contributed by atoms with Crippen LogP contribution in [0.15, 0.2) is 53.4 Å². The van der Waals surface area contributed by atoms with Crippen molar-refractivity contribution >= 4 is 33.4 Å². The number of nitrogens with zero attached hydrogens (tertiary/aromatic N) is 2. The zero-order valence-corrected chi connectivity index (χ0v) is 21.0. The van der Waals surface area contributed by atoms with Gasteiger partial charge >= 0.3 is 0 Å². The minimum absolute atomic E-state index is 0.0205. The highest BCUT2D eigenvalue weighted by Crippen LogP contribution is 2.19. The van der Waals surface area contributed by atoms with Gasteiger partial charge in [0.25, 0.3) is 0 Å². The van der Waals surface area contributed by atoms with E-state index in [1.807, 2.05) is 19.9 Å². The summed E-state index contributed by atoms with van der Waals surface area (Å²) < 4.78 is 32.0. The molecule has 2 rings (SSSR count). The van der Waals surface area contributed by atoms with E-state index >= 15 is 0 Å². The van der Waals surface area contributed by atoms with Crippen LogP contribution in [0.1, 0.15) is 26.3 Å². The van der Waals surface area contributed by atoms with Crippen LogP contribution in [0.2, 0.25) is 5.02 Å². The fourth-order valence-electron chi connectivity index (χ4n) is 3.11. The predicted octanol–water partition coefficient (Wildman–Crippen LogP) is 2.91. The Kier molecular flexibility index (Phi) is 9.27. The van der Waals surface area contributed by atoms with Crippen LogP contribution in [0, 0.1) is 0 Å². The number of nitrogens with one attached hydrogen (secondary N) is 1. The molecule has 10 heteroatoms. The molecule has 0 radical (unpaired) electrons. The van der Waals surface area contributed by atoms with Crippen molar-refractivity contribution in [2.75, 3.05) is 20.7 Å². The van der Waals surface area contributed by atoms with Crippen molar-refractivity contribution < 1.29 is 22.7 Å². The maximum atomic E-state index is 13.3. The van der Waals surface area contributed by atoms with Crippen LogP contribution >= 0.6 is 11.6 Å². The minimum Gasteiger partial charge on any atom is -0.497 e. The first-order valence-electron chi connectivity index (χ1n) is 10.4. The van der Waals surface area contributed by atoms with E-state index in [-0.39, 0.29) is 23.4 Å². The lowest BCUT2D eigenvalue weighted by Gasteiger charge is -2.31. The van der Waals surface area contributed by atoms with Gasteiger partial charge in [-0.3, -0.25) is 9.59 Å². The molecule has 0 unspecified atom stereocenters. The molecule has 1 N–H and O–H groups in total. The zero-order chi connectivity index (χ0) is 24.8. The molecule has 0 fully saturated rings. The second-order valence-corrected chi connectivity index (χ2v) is 10.4. The number of hydrogen-bond acceptors (Lipinski definition) is 5. The number of methoxy groups -OCH3 is 1. The summed E-state index contributed by atoms with van der Waals surface area (Å²) in [7, 11) is -1.06. The van der Waals surface area contributed by atoms with E-state index in [1.165, 1.54) is 43.3 Å². The van der Waals surface area contributed by atoms with Crippen LogP contribution < -0.4 is 10.1 Å². The van der Waals surface area contributed by atoms with Crippen molar-refractivity contribution in [3.63, 3.8) is 0 Å². The van der Waals surface area contributed by atoms with Gasteiger partial charge in [0.1, 0.15) is 11.8 Å². The average molecular weight is 496 g/mol. The molecule has 0 aliphatic carbocycles. The quantitative estimate of drug-likeness (QED) is 0.546. The maximum absolute atomic E-state index is 13.3. The van der Waals surface area contributed by atoms with Crippen molar-refractivity contribution in [3.05, 3.63) is 59.1 Å². The third-order valence-electron chi connectivity index (χ3n) is 4.97. The lowest BCUT2D eigenvalue weighted by atomic mass is 10.1. The molecule has 0 aliphatic rings. The van der Waals surface area contributed by atoms with Gasteiger partial charge in [-0.1, -0.05) is 23.7 Å². The van der Waals surface area contributed by atoms with Gasteiger partial charge < -0.3 is 15.0 Å². The molecule has 0 saturated carbocycles. The number of benzene rings is 2. The van der Waals surface area contributed by atoms with Crippen molar-refractivity contribution in [1.29, 1.82) is 0 Å². The first-order chi connectivity index (χ1) is 15.4. The Morgan fingerprint density at radius 1 is 1.09 bits per heavy atom. The number of carbonyl (C=O) groups excluding carboxylic acids is 2. The van der Waals surface area contributed by atoms with E-state index in [0.717, 1.165) is 9.87 Å². The normalized spacial score (nSPS) is 12.5. The Balaban J connectivity index is 2.29. The third kappa shape index (κ3) is 7.18. The van der Waals surface area contributed by atoms with E-state index in [9.17, 15) is 18.0 Å². The Morgan fingerprint density at radius 2 is 1.73 bits per heavy atom. The van der Waals surface area contributed by atoms with Gasteiger partial charge in [-0.25, -0.2) is 8.42 Å². The summed E-state index contributed by atoms with van der Waals surface area (Å²) in [5, 5.41) is 3.20. The third-order valence-corrected chi connectivity index (χ3v) is 7.03. The van der Waals surface area contributed by atoms with E-state index in [4.69, 9.17) is 16.3 Å². The molecule has 2 aromatic carbocycles. The van der Waals surface area contributed by atoms with Crippen molar-refractivity contribution in [2.45, 2.75) is 44.3 Å². The molecular weight excluding hydrogens is 466 g/mol. The summed E-state index contributed by atoms with van der Waals surface area (Å²) in [5.74, 6) is -0.227. The summed E-state index contributed by atoms with van der Waals surface area (Å²) in [5.41, 5.74) is 0.745. The minimum atomic E-state index is -3.93. The van der Waals surface area contributed by atoms with Crippen LogP contribution in [0.5, 0.6) is 5.75 Å². The van der Waals surface area contributed by atoms with Gasteiger partial charge in [0.2, 0.25) is 21.8 Å². The van der Waals surface area contributed by atoms with Crippen molar-refractivity contribution in [3.8, 4) is 5.75 Å². The largest absolute Gasteiger partial charge is 0.497 e. The predicted molar refractivity (Wildman–Crippen MR) is 128 cm³/mol. The Morgan fingerprint density at radius 3 is 2.30 bits per heavy atom. The molecule has 2 aromatic rings. The highest BCUT2D eigenvalue weighted by Gasteiger charge is 2.30. The van der Waals surface area contributed by atoms with E-state index in [2.05, 4.69) is 5.32 Å². The highest BCUT2D eigenvalue weighted by atomic mass is 35.5. The molecule has 0 spiro atoms.